The van der Waals surface area contributed by atoms with Gasteiger partial charge in [-0.2, -0.15) is 0 Å². The van der Waals surface area contributed by atoms with Crippen molar-refractivity contribution in [1.82, 2.24) is 9.55 Å². The third-order valence-corrected chi connectivity index (χ3v) is 4.03. The first kappa shape index (κ1) is 12.2. The van der Waals surface area contributed by atoms with E-state index in [2.05, 4.69) is 57.3 Å². The molecule has 4 rings (SSSR count). The molecule has 0 radical (unpaired) electrons. The number of aromatic nitrogens is 2. The summed E-state index contributed by atoms with van der Waals surface area (Å²) < 4.78 is 2.21. The van der Waals surface area contributed by atoms with Gasteiger partial charge in [0, 0.05) is 24.3 Å². The molecule has 1 aliphatic rings. The van der Waals surface area contributed by atoms with Crippen LogP contribution in [-0.2, 0) is 13.0 Å². The molecule has 0 fully saturated rings. The largest absolute Gasteiger partial charge is 0.384 e. The third kappa shape index (κ3) is 2.21. The fourth-order valence-electron chi connectivity index (χ4n) is 3.00. The Morgan fingerprint density at radius 3 is 2.86 bits per heavy atom. The van der Waals surface area contributed by atoms with E-state index >= 15 is 0 Å². The highest BCUT2D eigenvalue weighted by Crippen LogP contribution is 2.34. The lowest BCUT2D eigenvalue weighted by Crippen LogP contribution is -2.01. The van der Waals surface area contributed by atoms with Gasteiger partial charge in [-0.3, -0.25) is 0 Å². The van der Waals surface area contributed by atoms with E-state index in [9.17, 15) is 0 Å². The summed E-state index contributed by atoms with van der Waals surface area (Å²) >= 11 is 0. The topological polar surface area (TPSA) is 29.9 Å². The molecule has 0 saturated carbocycles. The lowest BCUT2D eigenvalue weighted by atomic mass is 10.1. The number of hydrogen-bond acceptors (Lipinski definition) is 2. The fraction of sp³-hybridized carbons (Fsp3) is 0.167. The van der Waals surface area contributed by atoms with Crippen LogP contribution in [0.15, 0.2) is 61.1 Å². The molecule has 0 saturated heterocycles. The number of benzene rings is 2. The summed E-state index contributed by atoms with van der Waals surface area (Å²) in [5.41, 5.74) is 6.38. The number of imidazole rings is 1. The Hall–Kier alpha value is -2.55. The molecule has 0 aliphatic carbocycles. The van der Waals surface area contributed by atoms with Gasteiger partial charge in [-0.15, -0.1) is 0 Å². The zero-order chi connectivity index (χ0) is 14.1. The Morgan fingerprint density at radius 1 is 1.05 bits per heavy atom. The van der Waals surface area contributed by atoms with Gasteiger partial charge in [0.2, 0.25) is 0 Å². The molecule has 2 aromatic carbocycles. The average Bonchev–Trinajstić information content (AvgIpc) is 3.16. The molecule has 1 aromatic heterocycles. The molecular weight excluding hydrogens is 258 g/mol. The number of nitrogens with one attached hydrogen (secondary N) is 1. The number of rotatable bonds is 3. The lowest BCUT2D eigenvalue weighted by Gasteiger charge is -2.12. The number of fused-ring (bicyclic) bond motifs is 1. The highest BCUT2D eigenvalue weighted by Gasteiger charge is 2.17. The summed E-state index contributed by atoms with van der Waals surface area (Å²) in [5.74, 6) is 0. The maximum Gasteiger partial charge on any atom is 0.0954 e. The molecule has 0 unspecified atom stereocenters. The summed E-state index contributed by atoms with van der Waals surface area (Å²) in [6.07, 6.45) is 4.98. The maximum atomic E-state index is 4.36. The van der Waals surface area contributed by atoms with E-state index in [4.69, 9.17) is 0 Å². The van der Waals surface area contributed by atoms with Crippen LogP contribution in [0, 0.1) is 0 Å². The average molecular weight is 275 g/mol. The van der Waals surface area contributed by atoms with Gasteiger partial charge in [-0.1, -0.05) is 48.5 Å². The van der Waals surface area contributed by atoms with Crippen molar-refractivity contribution in [3.63, 3.8) is 0 Å². The van der Waals surface area contributed by atoms with Crippen LogP contribution in [-0.4, -0.2) is 16.1 Å². The predicted octanol–water partition coefficient (Wildman–Crippen LogP) is 3.57. The van der Waals surface area contributed by atoms with Crippen LogP contribution in [0.2, 0.25) is 0 Å². The first-order valence-electron chi connectivity index (χ1n) is 7.32. The van der Waals surface area contributed by atoms with Crippen molar-refractivity contribution in [3.8, 4) is 11.3 Å². The molecule has 2 heterocycles. The van der Waals surface area contributed by atoms with Crippen LogP contribution in [0.1, 0.15) is 11.1 Å². The van der Waals surface area contributed by atoms with Crippen molar-refractivity contribution in [1.29, 1.82) is 0 Å². The van der Waals surface area contributed by atoms with E-state index in [0.29, 0.717) is 0 Å². The van der Waals surface area contributed by atoms with Gasteiger partial charge in [0.05, 0.1) is 18.2 Å². The standard InChI is InChI=1S/C18H17N3/c1-2-5-14(6-3-1)12-21-13-19-11-17(21)16-8-4-7-15-9-10-20-18(15)16/h1-8,11,13,20H,9-10,12H2. The molecule has 3 heteroatoms. The number of hydrogen-bond donors (Lipinski definition) is 1. The molecule has 0 amide bonds. The van der Waals surface area contributed by atoms with Crippen LogP contribution in [0.3, 0.4) is 0 Å². The van der Waals surface area contributed by atoms with Gasteiger partial charge in [-0.05, 0) is 17.5 Å². The van der Waals surface area contributed by atoms with Crippen LogP contribution in [0.25, 0.3) is 11.3 Å². The summed E-state index contributed by atoms with van der Waals surface area (Å²) in [6, 6.07) is 17.0. The first-order valence-corrected chi connectivity index (χ1v) is 7.32. The molecule has 1 aliphatic heterocycles. The van der Waals surface area contributed by atoms with Crippen LogP contribution >= 0.6 is 0 Å². The second-order valence-corrected chi connectivity index (χ2v) is 5.41. The zero-order valence-corrected chi connectivity index (χ0v) is 11.8. The second-order valence-electron chi connectivity index (χ2n) is 5.41. The van der Waals surface area contributed by atoms with Crippen molar-refractivity contribution < 1.29 is 0 Å². The number of para-hydroxylation sites is 1. The van der Waals surface area contributed by atoms with Gasteiger partial charge >= 0.3 is 0 Å². The maximum absolute atomic E-state index is 4.36. The van der Waals surface area contributed by atoms with E-state index in [1.54, 1.807) is 0 Å². The monoisotopic (exact) mass is 275 g/mol. The Balaban J connectivity index is 1.75. The minimum absolute atomic E-state index is 0.847. The minimum Gasteiger partial charge on any atom is -0.384 e. The van der Waals surface area contributed by atoms with Gasteiger partial charge < -0.3 is 9.88 Å². The quantitative estimate of drug-likeness (QED) is 0.792. The van der Waals surface area contributed by atoms with E-state index in [1.807, 2.05) is 18.6 Å². The van der Waals surface area contributed by atoms with Crippen molar-refractivity contribution in [2.24, 2.45) is 0 Å². The molecule has 21 heavy (non-hydrogen) atoms. The molecular formula is C18H17N3. The molecule has 3 nitrogen and oxygen atoms in total. The van der Waals surface area contributed by atoms with E-state index < -0.39 is 0 Å². The summed E-state index contributed by atoms with van der Waals surface area (Å²) in [5, 5.41) is 3.51. The SMILES string of the molecule is c1ccc(Cn2cncc2-c2cccc3c2NCC3)cc1. The smallest absolute Gasteiger partial charge is 0.0954 e. The van der Waals surface area contributed by atoms with Crippen LogP contribution < -0.4 is 5.32 Å². The zero-order valence-electron chi connectivity index (χ0n) is 11.8. The van der Waals surface area contributed by atoms with Crippen LogP contribution in [0.5, 0.6) is 0 Å². The van der Waals surface area contributed by atoms with Gasteiger partial charge in [0.25, 0.3) is 0 Å². The van der Waals surface area contributed by atoms with Gasteiger partial charge in [-0.25, -0.2) is 4.98 Å². The summed E-state index contributed by atoms with van der Waals surface area (Å²) in [4.78, 5) is 4.36. The summed E-state index contributed by atoms with van der Waals surface area (Å²) in [7, 11) is 0. The van der Waals surface area contributed by atoms with Gasteiger partial charge in [0.15, 0.2) is 0 Å². The minimum atomic E-state index is 0.847. The molecule has 0 spiro atoms. The first-order chi connectivity index (χ1) is 10.4. The fourth-order valence-corrected chi connectivity index (χ4v) is 3.00. The van der Waals surface area contributed by atoms with E-state index in [1.165, 1.54) is 28.1 Å². The Morgan fingerprint density at radius 2 is 1.95 bits per heavy atom. The second kappa shape index (κ2) is 5.09. The van der Waals surface area contributed by atoms with E-state index in [-0.39, 0.29) is 0 Å². The normalized spacial score (nSPS) is 13.0. The Bertz CT molecular complexity index is 759. The highest BCUT2D eigenvalue weighted by molar-refractivity contribution is 5.79. The number of nitrogens with zero attached hydrogens (tertiary/aromatic N) is 2. The lowest BCUT2D eigenvalue weighted by molar-refractivity contribution is 0.805. The van der Waals surface area contributed by atoms with Gasteiger partial charge in [0.1, 0.15) is 0 Å². The molecule has 0 atom stereocenters. The van der Waals surface area contributed by atoms with Crippen molar-refractivity contribution in [2.75, 3.05) is 11.9 Å². The molecule has 0 bridgehead atoms. The molecule has 3 aromatic rings. The number of anilines is 1. The predicted molar refractivity (Wildman–Crippen MR) is 85.4 cm³/mol. The van der Waals surface area contributed by atoms with E-state index in [0.717, 1.165) is 19.5 Å². The van der Waals surface area contributed by atoms with Crippen LogP contribution in [0.4, 0.5) is 5.69 Å². The van der Waals surface area contributed by atoms with Crippen molar-refractivity contribution >= 4 is 5.69 Å². The molecule has 104 valence electrons. The highest BCUT2D eigenvalue weighted by atomic mass is 15.0. The van der Waals surface area contributed by atoms with Crippen molar-refractivity contribution in [2.45, 2.75) is 13.0 Å². The Kier molecular flexibility index (Phi) is 2.96. The Labute approximate surface area is 124 Å². The molecule has 1 N–H and O–H groups in total. The van der Waals surface area contributed by atoms with Crippen molar-refractivity contribution in [3.05, 3.63) is 72.2 Å². The summed E-state index contributed by atoms with van der Waals surface area (Å²) in [6.45, 7) is 1.87. The third-order valence-electron chi connectivity index (χ3n) is 4.03.